The highest BCUT2D eigenvalue weighted by Crippen LogP contribution is 2.32. The third-order valence-corrected chi connectivity index (χ3v) is 4.28. The van der Waals surface area contributed by atoms with Crippen LogP contribution in [0, 0.1) is 27.8 Å². The number of rotatable bonds is 5. The molecule has 5 heteroatoms. The van der Waals surface area contributed by atoms with Crippen LogP contribution in [0.15, 0.2) is 18.2 Å². The van der Waals surface area contributed by atoms with Gasteiger partial charge in [0.25, 0.3) is 5.69 Å². The molecule has 0 bridgehead atoms. The molecule has 0 atom stereocenters. The summed E-state index contributed by atoms with van der Waals surface area (Å²) in [4.78, 5) is 10.4. The molecule has 1 aliphatic rings. The Morgan fingerprint density at radius 1 is 1.30 bits per heavy atom. The Morgan fingerprint density at radius 3 is 2.55 bits per heavy atom. The van der Waals surface area contributed by atoms with Crippen molar-refractivity contribution >= 4 is 11.4 Å². The minimum Gasteiger partial charge on any atom is -0.379 e. The number of hydrogen-bond acceptors (Lipinski definition) is 3. The van der Waals surface area contributed by atoms with E-state index >= 15 is 0 Å². The van der Waals surface area contributed by atoms with Crippen molar-refractivity contribution < 1.29 is 9.31 Å². The fourth-order valence-corrected chi connectivity index (χ4v) is 2.91. The molecular weight excluding hydrogens is 259 g/mol. The fraction of sp³-hybridized carbons (Fsp3) is 0.600. The van der Waals surface area contributed by atoms with Crippen molar-refractivity contribution in [3.63, 3.8) is 0 Å². The van der Waals surface area contributed by atoms with Gasteiger partial charge < -0.3 is 5.32 Å². The summed E-state index contributed by atoms with van der Waals surface area (Å²) >= 11 is 0. The Hall–Kier alpha value is -1.65. The van der Waals surface area contributed by atoms with E-state index in [0.717, 1.165) is 24.8 Å². The first-order chi connectivity index (χ1) is 9.60. The number of hydrogen-bond donors (Lipinski definition) is 1. The molecule has 1 fully saturated rings. The molecule has 4 nitrogen and oxygen atoms in total. The van der Waals surface area contributed by atoms with E-state index in [1.807, 2.05) is 0 Å². The Labute approximate surface area is 118 Å². The standard InChI is InChI=1S/C15H21FN2O2/c1-2-11-3-5-12(6-4-11)10-17-14-9-13(16)7-8-15(14)18(19)20/h7-9,11-12,17H,2-6,10H2,1H3. The van der Waals surface area contributed by atoms with Crippen molar-refractivity contribution in [1.82, 2.24) is 0 Å². The van der Waals surface area contributed by atoms with E-state index in [1.54, 1.807) is 0 Å². The number of benzene rings is 1. The molecule has 1 aliphatic carbocycles. The van der Waals surface area contributed by atoms with E-state index < -0.39 is 10.7 Å². The van der Waals surface area contributed by atoms with Gasteiger partial charge in [-0.15, -0.1) is 0 Å². The average Bonchev–Trinajstić information content (AvgIpc) is 2.45. The lowest BCUT2D eigenvalue weighted by molar-refractivity contribution is -0.384. The van der Waals surface area contributed by atoms with Crippen molar-refractivity contribution in [3.05, 3.63) is 34.1 Å². The van der Waals surface area contributed by atoms with Crippen LogP contribution in [0.25, 0.3) is 0 Å². The van der Waals surface area contributed by atoms with Gasteiger partial charge in [-0.3, -0.25) is 10.1 Å². The second kappa shape index (κ2) is 6.68. The smallest absolute Gasteiger partial charge is 0.292 e. The molecule has 1 aromatic rings. The van der Waals surface area contributed by atoms with Crippen LogP contribution >= 0.6 is 0 Å². The van der Waals surface area contributed by atoms with Gasteiger partial charge in [0.05, 0.1) is 4.92 Å². The molecule has 1 aromatic carbocycles. The molecule has 0 radical (unpaired) electrons. The molecule has 110 valence electrons. The Balaban J connectivity index is 1.94. The van der Waals surface area contributed by atoms with Crippen LogP contribution in [-0.4, -0.2) is 11.5 Å². The Kier molecular flexibility index (Phi) is 4.93. The summed E-state index contributed by atoms with van der Waals surface area (Å²) in [6.45, 7) is 2.90. The van der Waals surface area contributed by atoms with Gasteiger partial charge in [0.15, 0.2) is 0 Å². The van der Waals surface area contributed by atoms with Gasteiger partial charge >= 0.3 is 0 Å². The summed E-state index contributed by atoms with van der Waals surface area (Å²) < 4.78 is 13.2. The third-order valence-electron chi connectivity index (χ3n) is 4.28. The first kappa shape index (κ1) is 14.8. The van der Waals surface area contributed by atoms with E-state index in [-0.39, 0.29) is 11.4 Å². The van der Waals surface area contributed by atoms with Gasteiger partial charge in [-0.1, -0.05) is 26.2 Å². The van der Waals surface area contributed by atoms with Gasteiger partial charge in [0, 0.05) is 18.7 Å². The number of anilines is 1. The maximum atomic E-state index is 13.2. The molecule has 0 heterocycles. The van der Waals surface area contributed by atoms with Crippen LogP contribution in [0.5, 0.6) is 0 Å². The summed E-state index contributed by atoms with van der Waals surface area (Å²) in [5.41, 5.74) is 0.223. The summed E-state index contributed by atoms with van der Waals surface area (Å²) in [6, 6.07) is 3.54. The van der Waals surface area contributed by atoms with E-state index in [1.165, 1.54) is 31.4 Å². The molecule has 0 unspecified atom stereocenters. The largest absolute Gasteiger partial charge is 0.379 e. The van der Waals surface area contributed by atoms with Crippen molar-refractivity contribution in [1.29, 1.82) is 0 Å². The SMILES string of the molecule is CCC1CCC(CNc2cc(F)ccc2[N+](=O)[O-])CC1. The predicted octanol–water partition coefficient (Wildman–Crippen LogP) is 4.36. The zero-order valence-electron chi connectivity index (χ0n) is 11.8. The average molecular weight is 280 g/mol. The molecule has 0 saturated heterocycles. The van der Waals surface area contributed by atoms with Gasteiger partial charge in [-0.25, -0.2) is 4.39 Å². The Morgan fingerprint density at radius 2 is 1.95 bits per heavy atom. The second-order valence-corrected chi connectivity index (χ2v) is 5.59. The molecule has 0 aliphatic heterocycles. The van der Waals surface area contributed by atoms with E-state index in [9.17, 15) is 14.5 Å². The first-order valence-electron chi connectivity index (χ1n) is 7.28. The van der Waals surface area contributed by atoms with Crippen LogP contribution in [0.2, 0.25) is 0 Å². The van der Waals surface area contributed by atoms with Crippen LogP contribution in [0.4, 0.5) is 15.8 Å². The maximum Gasteiger partial charge on any atom is 0.292 e. The number of halogens is 1. The van der Waals surface area contributed by atoms with E-state index in [4.69, 9.17) is 0 Å². The summed E-state index contributed by atoms with van der Waals surface area (Å²) in [5, 5.41) is 14.0. The zero-order valence-corrected chi connectivity index (χ0v) is 11.8. The third kappa shape index (κ3) is 3.68. The number of nitrogens with one attached hydrogen (secondary N) is 1. The highest BCUT2D eigenvalue weighted by molar-refractivity contribution is 5.61. The summed E-state index contributed by atoms with van der Waals surface area (Å²) in [5.74, 6) is 0.906. The van der Waals surface area contributed by atoms with Crippen LogP contribution in [0.1, 0.15) is 39.0 Å². The minimum absolute atomic E-state index is 0.0614. The van der Waals surface area contributed by atoms with Gasteiger partial charge in [0.1, 0.15) is 11.5 Å². The van der Waals surface area contributed by atoms with E-state index in [2.05, 4.69) is 12.2 Å². The predicted molar refractivity (Wildman–Crippen MR) is 77.3 cm³/mol. The maximum absolute atomic E-state index is 13.2. The van der Waals surface area contributed by atoms with Crippen molar-refractivity contribution in [2.75, 3.05) is 11.9 Å². The first-order valence-corrected chi connectivity index (χ1v) is 7.28. The molecular formula is C15H21FN2O2. The topological polar surface area (TPSA) is 55.2 Å². The summed E-state index contributed by atoms with van der Waals surface area (Å²) in [7, 11) is 0. The lowest BCUT2D eigenvalue weighted by Crippen LogP contribution is -2.21. The molecule has 1 N–H and O–H groups in total. The van der Waals surface area contributed by atoms with Gasteiger partial charge in [-0.05, 0) is 30.7 Å². The highest BCUT2D eigenvalue weighted by Gasteiger charge is 2.21. The number of nitrogens with zero attached hydrogens (tertiary/aromatic N) is 1. The van der Waals surface area contributed by atoms with Crippen molar-refractivity contribution in [2.24, 2.45) is 11.8 Å². The van der Waals surface area contributed by atoms with Crippen LogP contribution < -0.4 is 5.32 Å². The molecule has 0 aromatic heterocycles. The molecule has 20 heavy (non-hydrogen) atoms. The zero-order chi connectivity index (χ0) is 14.5. The van der Waals surface area contributed by atoms with E-state index in [0.29, 0.717) is 12.5 Å². The molecule has 2 rings (SSSR count). The lowest BCUT2D eigenvalue weighted by Gasteiger charge is -2.28. The summed E-state index contributed by atoms with van der Waals surface area (Å²) in [6.07, 6.45) is 5.99. The van der Waals surface area contributed by atoms with Crippen molar-refractivity contribution in [2.45, 2.75) is 39.0 Å². The monoisotopic (exact) mass is 280 g/mol. The minimum atomic E-state index is -0.476. The van der Waals surface area contributed by atoms with Gasteiger partial charge in [-0.2, -0.15) is 0 Å². The number of nitro groups is 1. The van der Waals surface area contributed by atoms with Crippen LogP contribution in [-0.2, 0) is 0 Å². The quantitative estimate of drug-likeness (QED) is 0.644. The molecule has 0 amide bonds. The molecule has 0 spiro atoms. The lowest BCUT2D eigenvalue weighted by atomic mass is 9.81. The Bertz CT molecular complexity index is 471. The second-order valence-electron chi connectivity index (χ2n) is 5.59. The fourth-order valence-electron chi connectivity index (χ4n) is 2.91. The van der Waals surface area contributed by atoms with Crippen LogP contribution in [0.3, 0.4) is 0 Å². The molecule has 1 saturated carbocycles. The van der Waals surface area contributed by atoms with Gasteiger partial charge in [0.2, 0.25) is 0 Å². The number of nitro benzene ring substituents is 1. The van der Waals surface area contributed by atoms with Crippen molar-refractivity contribution in [3.8, 4) is 0 Å². The highest BCUT2D eigenvalue weighted by atomic mass is 19.1. The normalized spacial score (nSPS) is 22.5.